The molecular weight excluding hydrogens is 324 g/mol. The van der Waals surface area contributed by atoms with E-state index in [4.69, 9.17) is 10.5 Å². The molecule has 3 rings (SSSR count). The molecule has 0 saturated carbocycles. The highest BCUT2D eigenvalue weighted by atomic mass is 16.5. The maximum Gasteiger partial charge on any atom is 0.255 e. The number of carbonyl (C=O) groups is 2. The van der Waals surface area contributed by atoms with Gasteiger partial charge in [0.15, 0.2) is 0 Å². The number of amides is 2. The lowest BCUT2D eigenvalue weighted by Crippen LogP contribution is -2.44. The summed E-state index contributed by atoms with van der Waals surface area (Å²) in [7, 11) is 0. The highest BCUT2D eigenvalue weighted by Gasteiger charge is 2.32. The SMILES string of the molecule is NC(=O)C1CN(C(=O)c2ccc(=O)[nH]c2)CCN(C2CCOCC2)C1. The predicted molar refractivity (Wildman–Crippen MR) is 91.1 cm³/mol. The lowest BCUT2D eigenvalue weighted by Gasteiger charge is -2.34. The van der Waals surface area contributed by atoms with E-state index in [0.717, 1.165) is 26.1 Å². The van der Waals surface area contributed by atoms with Gasteiger partial charge < -0.3 is 20.4 Å². The Bertz CT molecular complexity index is 663. The highest BCUT2D eigenvalue weighted by molar-refractivity contribution is 5.94. The fourth-order valence-electron chi connectivity index (χ4n) is 3.51. The van der Waals surface area contributed by atoms with E-state index in [2.05, 4.69) is 9.88 Å². The number of aromatic amines is 1. The van der Waals surface area contributed by atoms with E-state index in [1.165, 1.54) is 18.3 Å². The number of ether oxygens (including phenoxy) is 1. The van der Waals surface area contributed by atoms with Crippen LogP contribution in [0.25, 0.3) is 0 Å². The summed E-state index contributed by atoms with van der Waals surface area (Å²) in [5.74, 6) is -0.994. The van der Waals surface area contributed by atoms with Crippen LogP contribution in [0.3, 0.4) is 0 Å². The number of hydrogen-bond donors (Lipinski definition) is 2. The summed E-state index contributed by atoms with van der Waals surface area (Å²) in [4.78, 5) is 42.2. The minimum absolute atomic E-state index is 0.198. The highest BCUT2D eigenvalue weighted by Crippen LogP contribution is 2.20. The molecule has 0 spiro atoms. The van der Waals surface area contributed by atoms with Gasteiger partial charge in [-0.15, -0.1) is 0 Å². The van der Waals surface area contributed by atoms with Crippen LogP contribution in [0, 0.1) is 5.92 Å². The number of H-pyrrole nitrogens is 1. The zero-order chi connectivity index (χ0) is 17.8. The number of nitrogens with one attached hydrogen (secondary N) is 1. The van der Waals surface area contributed by atoms with Crippen molar-refractivity contribution in [1.82, 2.24) is 14.8 Å². The minimum atomic E-state index is -0.406. The largest absolute Gasteiger partial charge is 0.381 e. The molecule has 8 heteroatoms. The van der Waals surface area contributed by atoms with Crippen LogP contribution in [-0.2, 0) is 9.53 Å². The summed E-state index contributed by atoms with van der Waals surface area (Å²) in [6, 6.07) is 3.19. The molecule has 1 atom stereocenters. The van der Waals surface area contributed by atoms with E-state index in [9.17, 15) is 14.4 Å². The Labute approximate surface area is 145 Å². The first-order chi connectivity index (χ1) is 12.0. The summed E-state index contributed by atoms with van der Waals surface area (Å²) < 4.78 is 5.41. The van der Waals surface area contributed by atoms with Crippen molar-refractivity contribution >= 4 is 11.8 Å². The molecule has 8 nitrogen and oxygen atoms in total. The van der Waals surface area contributed by atoms with Gasteiger partial charge in [-0.05, 0) is 18.9 Å². The van der Waals surface area contributed by atoms with Crippen molar-refractivity contribution in [1.29, 1.82) is 0 Å². The number of hydrogen-bond acceptors (Lipinski definition) is 5. The molecule has 3 N–H and O–H groups in total. The summed E-state index contributed by atoms with van der Waals surface area (Å²) in [6.07, 6.45) is 3.27. The molecule has 2 amide bonds. The van der Waals surface area contributed by atoms with Gasteiger partial charge in [0.25, 0.3) is 5.91 Å². The Morgan fingerprint density at radius 3 is 2.56 bits per heavy atom. The molecule has 25 heavy (non-hydrogen) atoms. The van der Waals surface area contributed by atoms with Crippen LogP contribution in [0.15, 0.2) is 23.1 Å². The van der Waals surface area contributed by atoms with E-state index in [1.807, 2.05) is 0 Å². The lowest BCUT2D eigenvalue weighted by atomic mass is 10.0. The number of nitrogens with two attached hydrogens (primary N) is 1. The maximum atomic E-state index is 12.7. The molecule has 2 saturated heterocycles. The van der Waals surface area contributed by atoms with Crippen LogP contribution in [0.2, 0.25) is 0 Å². The van der Waals surface area contributed by atoms with Crippen molar-refractivity contribution in [2.75, 3.05) is 39.4 Å². The second-order valence-electron chi connectivity index (χ2n) is 6.63. The molecule has 2 aliphatic rings. The molecule has 1 aromatic rings. The molecule has 2 fully saturated rings. The van der Waals surface area contributed by atoms with Gasteiger partial charge in [-0.1, -0.05) is 0 Å². The Morgan fingerprint density at radius 1 is 1.16 bits per heavy atom. The number of pyridine rings is 1. The van der Waals surface area contributed by atoms with Gasteiger partial charge in [0.1, 0.15) is 0 Å². The van der Waals surface area contributed by atoms with E-state index in [0.29, 0.717) is 37.8 Å². The number of rotatable bonds is 3. The molecular formula is C17H24N4O4. The van der Waals surface area contributed by atoms with Gasteiger partial charge in [0, 0.05) is 57.7 Å². The Morgan fingerprint density at radius 2 is 1.92 bits per heavy atom. The van der Waals surface area contributed by atoms with Crippen molar-refractivity contribution in [3.05, 3.63) is 34.2 Å². The minimum Gasteiger partial charge on any atom is -0.381 e. The second-order valence-corrected chi connectivity index (χ2v) is 6.63. The molecule has 2 aliphatic heterocycles. The van der Waals surface area contributed by atoms with Crippen molar-refractivity contribution in [3.8, 4) is 0 Å². The van der Waals surface area contributed by atoms with Crippen LogP contribution in [0.5, 0.6) is 0 Å². The zero-order valence-corrected chi connectivity index (χ0v) is 14.1. The van der Waals surface area contributed by atoms with E-state index < -0.39 is 11.8 Å². The van der Waals surface area contributed by atoms with Crippen molar-refractivity contribution < 1.29 is 14.3 Å². The van der Waals surface area contributed by atoms with Gasteiger partial charge in [-0.3, -0.25) is 19.3 Å². The Kier molecular flexibility index (Phi) is 5.50. The van der Waals surface area contributed by atoms with Crippen molar-refractivity contribution in [2.24, 2.45) is 11.7 Å². The average molecular weight is 348 g/mol. The Balaban J connectivity index is 1.74. The summed E-state index contributed by atoms with van der Waals surface area (Å²) in [5.41, 5.74) is 5.72. The molecule has 1 aromatic heterocycles. The van der Waals surface area contributed by atoms with Gasteiger partial charge in [-0.2, -0.15) is 0 Å². The van der Waals surface area contributed by atoms with Gasteiger partial charge >= 0.3 is 0 Å². The number of carbonyl (C=O) groups excluding carboxylic acids is 2. The predicted octanol–water partition coefficient (Wildman–Crippen LogP) is -0.587. The fourth-order valence-corrected chi connectivity index (χ4v) is 3.51. The fraction of sp³-hybridized carbons (Fsp3) is 0.588. The monoisotopic (exact) mass is 348 g/mol. The molecule has 0 aliphatic carbocycles. The van der Waals surface area contributed by atoms with E-state index in [1.54, 1.807) is 4.90 Å². The summed E-state index contributed by atoms with van der Waals surface area (Å²) in [5, 5.41) is 0. The second kappa shape index (κ2) is 7.79. The lowest BCUT2D eigenvalue weighted by molar-refractivity contribution is -0.122. The third kappa shape index (κ3) is 4.26. The molecule has 136 valence electrons. The first-order valence-corrected chi connectivity index (χ1v) is 8.63. The maximum absolute atomic E-state index is 12.7. The topological polar surface area (TPSA) is 109 Å². The van der Waals surface area contributed by atoms with E-state index >= 15 is 0 Å². The normalized spacial score (nSPS) is 23.2. The van der Waals surface area contributed by atoms with Gasteiger partial charge in [0.05, 0.1) is 11.5 Å². The smallest absolute Gasteiger partial charge is 0.255 e. The molecule has 0 aromatic carbocycles. The number of nitrogens with zero attached hydrogens (tertiary/aromatic N) is 2. The van der Waals surface area contributed by atoms with Crippen LogP contribution in [0.1, 0.15) is 23.2 Å². The molecule has 3 heterocycles. The van der Waals surface area contributed by atoms with Gasteiger partial charge in [-0.25, -0.2) is 0 Å². The van der Waals surface area contributed by atoms with Crippen molar-refractivity contribution in [3.63, 3.8) is 0 Å². The molecule has 1 unspecified atom stereocenters. The standard InChI is InChI=1S/C17H24N4O4/c18-16(23)13-10-20(14-3-7-25-8-4-14)5-6-21(11-13)17(24)12-1-2-15(22)19-9-12/h1-2,9,13-14H,3-8,10-11H2,(H2,18,23)(H,19,22). The first-order valence-electron chi connectivity index (χ1n) is 8.63. The number of primary amides is 1. The molecule has 0 radical (unpaired) electrons. The van der Waals surface area contributed by atoms with Crippen molar-refractivity contribution in [2.45, 2.75) is 18.9 Å². The van der Waals surface area contributed by atoms with Crippen LogP contribution < -0.4 is 11.3 Å². The van der Waals surface area contributed by atoms with Gasteiger partial charge in [0.2, 0.25) is 11.5 Å². The van der Waals surface area contributed by atoms with Crippen LogP contribution in [0.4, 0.5) is 0 Å². The number of aromatic nitrogens is 1. The van der Waals surface area contributed by atoms with Crippen LogP contribution in [-0.4, -0.2) is 72.0 Å². The third-order valence-electron chi connectivity index (χ3n) is 4.98. The molecule has 0 bridgehead atoms. The average Bonchev–Trinajstić information content (AvgIpc) is 2.86. The summed E-state index contributed by atoms with van der Waals surface area (Å²) in [6.45, 7) is 3.54. The quantitative estimate of drug-likeness (QED) is 0.759. The zero-order valence-electron chi connectivity index (χ0n) is 14.1. The van der Waals surface area contributed by atoms with E-state index in [-0.39, 0.29) is 11.5 Å². The Hall–Kier alpha value is -2.19. The first kappa shape index (κ1) is 17.6. The van der Waals surface area contributed by atoms with Crippen LogP contribution >= 0.6 is 0 Å². The third-order valence-corrected chi connectivity index (χ3v) is 4.98. The summed E-state index contributed by atoms with van der Waals surface area (Å²) >= 11 is 0.